The van der Waals surface area contributed by atoms with Crippen LogP contribution in [-0.4, -0.2) is 20.4 Å². The normalized spacial score (nSPS) is 13.5. The molecule has 1 amide bonds. The number of rotatable bonds is 2. The van der Waals surface area contributed by atoms with Crippen molar-refractivity contribution in [2.45, 2.75) is 6.92 Å². The second-order valence-electron chi connectivity index (χ2n) is 7.96. The van der Waals surface area contributed by atoms with Gasteiger partial charge < -0.3 is 15.6 Å². The molecule has 160 valence electrons. The number of hydrogen-bond acceptors (Lipinski definition) is 4. The molecule has 1 aliphatic heterocycles. The molecule has 2 aromatic heterocycles. The Morgan fingerprint density at radius 2 is 1.52 bits per heavy atom. The van der Waals surface area contributed by atoms with Gasteiger partial charge in [0.15, 0.2) is 5.69 Å². The summed E-state index contributed by atoms with van der Waals surface area (Å²) in [5.74, 6) is -0.369. The summed E-state index contributed by atoms with van der Waals surface area (Å²) in [4.78, 5) is 35.2. The molecule has 0 atom stereocenters. The van der Waals surface area contributed by atoms with E-state index in [1.54, 1.807) is 13.0 Å². The minimum Gasteiger partial charge on any atom is -0.356 e. The lowest BCUT2D eigenvalue weighted by atomic mass is 10.2. The van der Waals surface area contributed by atoms with Crippen LogP contribution in [0.1, 0.15) is 6.92 Å². The van der Waals surface area contributed by atoms with Crippen molar-refractivity contribution in [1.82, 2.24) is 14.5 Å². The van der Waals surface area contributed by atoms with E-state index in [1.807, 2.05) is 72.8 Å². The standard InChI is InChI=1S/C26H19N5O2/c1-15-24(25(32)30-19-11-5-4-10-18(19)27-15)31-22-13-7-6-12-20(22)29-23(26(31)33)21-14-16-8-2-3-9-17(16)28-21/h2-14,27-28H,1H3,(H,30,32). The molecular weight excluding hydrogens is 414 g/mol. The maximum atomic E-state index is 13.9. The summed E-state index contributed by atoms with van der Waals surface area (Å²) in [7, 11) is 0. The molecule has 33 heavy (non-hydrogen) atoms. The largest absolute Gasteiger partial charge is 0.356 e. The van der Waals surface area contributed by atoms with Crippen LogP contribution in [0.4, 0.5) is 11.4 Å². The third kappa shape index (κ3) is 3.02. The number of carbonyl (C=O) groups is 1. The van der Waals surface area contributed by atoms with Gasteiger partial charge in [-0.1, -0.05) is 42.5 Å². The fourth-order valence-corrected chi connectivity index (χ4v) is 4.31. The summed E-state index contributed by atoms with van der Waals surface area (Å²) in [6.07, 6.45) is 0. The molecule has 0 saturated heterocycles. The number of fused-ring (bicyclic) bond motifs is 3. The van der Waals surface area contributed by atoms with Crippen molar-refractivity contribution in [3.63, 3.8) is 0 Å². The van der Waals surface area contributed by atoms with Gasteiger partial charge in [-0.3, -0.25) is 14.2 Å². The average Bonchev–Trinajstić information content (AvgIpc) is 3.20. The van der Waals surface area contributed by atoms with Crippen LogP contribution in [0.15, 0.2) is 89.4 Å². The molecular formula is C26H19N5O2. The zero-order chi connectivity index (χ0) is 22.5. The Labute approximate surface area is 188 Å². The molecule has 0 fully saturated rings. The van der Waals surface area contributed by atoms with Gasteiger partial charge >= 0.3 is 0 Å². The molecule has 3 N–H and O–H groups in total. The molecule has 0 saturated carbocycles. The highest BCUT2D eigenvalue weighted by Crippen LogP contribution is 2.30. The fourth-order valence-electron chi connectivity index (χ4n) is 4.31. The van der Waals surface area contributed by atoms with Crippen LogP contribution in [0.5, 0.6) is 0 Å². The molecule has 0 bridgehead atoms. The van der Waals surface area contributed by atoms with E-state index in [0.717, 1.165) is 16.6 Å². The highest BCUT2D eigenvalue weighted by molar-refractivity contribution is 6.24. The molecule has 0 aliphatic carbocycles. The van der Waals surface area contributed by atoms with E-state index in [-0.39, 0.29) is 22.9 Å². The van der Waals surface area contributed by atoms with E-state index in [0.29, 0.717) is 28.1 Å². The monoisotopic (exact) mass is 433 g/mol. The van der Waals surface area contributed by atoms with E-state index in [2.05, 4.69) is 20.6 Å². The summed E-state index contributed by atoms with van der Waals surface area (Å²) < 4.78 is 1.45. The van der Waals surface area contributed by atoms with Crippen molar-refractivity contribution in [3.05, 3.63) is 94.9 Å². The molecule has 3 aromatic carbocycles. The molecule has 1 aliphatic rings. The van der Waals surface area contributed by atoms with Gasteiger partial charge in [0.1, 0.15) is 5.70 Å². The van der Waals surface area contributed by atoms with Gasteiger partial charge in [-0.15, -0.1) is 0 Å². The highest BCUT2D eigenvalue weighted by atomic mass is 16.2. The zero-order valence-electron chi connectivity index (χ0n) is 17.7. The number of allylic oxidation sites excluding steroid dienone is 1. The third-order valence-electron chi connectivity index (χ3n) is 5.84. The number of aromatic nitrogens is 3. The number of para-hydroxylation sites is 5. The number of benzene rings is 3. The first-order chi connectivity index (χ1) is 16.1. The van der Waals surface area contributed by atoms with Gasteiger partial charge in [-0.05, 0) is 43.3 Å². The molecule has 0 unspecified atom stereocenters. The first kappa shape index (κ1) is 19.1. The summed E-state index contributed by atoms with van der Waals surface area (Å²) in [6, 6.07) is 24.5. The fraction of sp³-hybridized carbons (Fsp3) is 0.0385. The smallest absolute Gasteiger partial charge is 0.283 e. The van der Waals surface area contributed by atoms with E-state index < -0.39 is 0 Å². The third-order valence-corrected chi connectivity index (χ3v) is 5.84. The SMILES string of the molecule is CC1=C(n2c(=O)c(-c3cc4ccccc4[nH]3)nc3ccccc32)C(=O)Nc2ccccc2N1. The van der Waals surface area contributed by atoms with Crippen LogP contribution in [0.3, 0.4) is 0 Å². The predicted molar refractivity (Wildman–Crippen MR) is 131 cm³/mol. The van der Waals surface area contributed by atoms with Crippen molar-refractivity contribution in [3.8, 4) is 11.4 Å². The highest BCUT2D eigenvalue weighted by Gasteiger charge is 2.25. The maximum Gasteiger partial charge on any atom is 0.283 e. The lowest BCUT2D eigenvalue weighted by Gasteiger charge is -2.15. The molecule has 6 rings (SSSR count). The topological polar surface area (TPSA) is 91.8 Å². The van der Waals surface area contributed by atoms with Crippen molar-refractivity contribution in [2.24, 2.45) is 0 Å². The van der Waals surface area contributed by atoms with E-state index in [4.69, 9.17) is 0 Å². The van der Waals surface area contributed by atoms with Crippen LogP contribution < -0.4 is 16.2 Å². The Kier molecular flexibility index (Phi) is 4.16. The van der Waals surface area contributed by atoms with E-state index in [1.165, 1.54) is 4.57 Å². The number of H-pyrrole nitrogens is 1. The number of nitrogens with one attached hydrogen (secondary N) is 3. The lowest BCUT2D eigenvalue weighted by Crippen LogP contribution is -2.29. The Bertz CT molecular complexity index is 1640. The predicted octanol–water partition coefficient (Wildman–Crippen LogP) is 4.80. The maximum absolute atomic E-state index is 13.9. The van der Waals surface area contributed by atoms with Crippen molar-refractivity contribution >= 4 is 44.9 Å². The van der Waals surface area contributed by atoms with Crippen molar-refractivity contribution in [2.75, 3.05) is 10.6 Å². The average molecular weight is 433 g/mol. The van der Waals surface area contributed by atoms with Crippen molar-refractivity contribution in [1.29, 1.82) is 0 Å². The van der Waals surface area contributed by atoms with Crippen LogP contribution in [0.2, 0.25) is 0 Å². The van der Waals surface area contributed by atoms with Gasteiger partial charge in [-0.2, -0.15) is 0 Å². The minimum atomic E-state index is -0.377. The number of carbonyl (C=O) groups excluding carboxylic acids is 1. The number of aromatic amines is 1. The Balaban J connectivity index is 1.64. The second-order valence-corrected chi connectivity index (χ2v) is 7.96. The minimum absolute atomic E-state index is 0.229. The number of amides is 1. The molecule has 0 radical (unpaired) electrons. The van der Waals surface area contributed by atoms with Crippen LogP contribution in [0.25, 0.3) is 39.0 Å². The van der Waals surface area contributed by atoms with Gasteiger partial charge in [0.05, 0.1) is 28.1 Å². The summed E-state index contributed by atoms with van der Waals surface area (Å²) in [6.45, 7) is 1.79. The first-order valence-electron chi connectivity index (χ1n) is 10.6. The van der Waals surface area contributed by atoms with Crippen LogP contribution >= 0.6 is 0 Å². The number of nitrogens with zero attached hydrogens (tertiary/aromatic N) is 2. The first-order valence-corrected chi connectivity index (χ1v) is 10.6. The van der Waals surface area contributed by atoms with Crippen LogP contribution in [-0.2, 0) is 4.79 Å². The van der Waals surface area contributed by atoms with Gasteiger partial charge in [0.2, 0.25) is 0 Å². The van der Waals surface area contributed by atoms with Gasteiger partial charge in [0.25, 0.3) is 11.5 Å². The molecule has 3 heterocycles. The Morgan fingerprint density at radius 3 is 2.33 bits per heavy atom. The summed E-state index contributed by atoms with van der Waals surface area (Å²) in [5, 5.41) is 7.19. The second kappa shape index (κ2) is 7.20. The molecule has 0 spiro atoms. The van der Waals surface area contributed by atoms with Gasteiger partial charge in [0, 0.05) is 16.6 Å². The van der Waals surface area contributed by atoms with Crippen molar-refractivity contribution < 1.29 is 4.79 Å². The Hall–Kier alpha value is -4.65. The summed E-state index contributed by atoms with van der Waals surface area (Å²) in [5.41, 5.74) is 4.76. The molecule has 7 heteroatoms. The molecule has 7 nitrogen and oxygen atoms in total. The quantitative estimate of drug-likeness (QED) is 0.373. The molecule has 5 aromatic rings. The van der Waals surface area contributed by atoms with E-state index >= 15 is 0 Å². The zero-order valence-corrected chi connectivity index (χ0v) is 17.7. The van der Waals surface area contributed by atoms with Gasteiger partial charge in [-0.25, -0.2) is 4.98 Å². The van der Waals surface area contributed by atoms with Crippen LogP contribution in [0, 0.1) is 0 Å². The Morgan fingerprint density at radius 1 is 0.818 bits per heavy atom. The lowest BCUT2D eigenvalue weighted by molar-refractivity contribution is -0.111. The summed E-state index contributed by atoms with van der Waals surface area (Å²) >= 11 is 0. The van der Waals surface area contributed by atoms with E-state index in [9.17, 15) is 9.59 Å². The number of anilines is 2. The number of hydrogen-bond donors (Lipinski definition) is 3.